The molecule has 4 heterocycles. The smallest absolute Gasteiger partial charge is 0.258 e. The fourth-order valence-electron chi connectivity index (χ4n) is 4.24. The molecule has 3 aliphatic heterocycles. The molecule has 0 aromatic carbocycles. The summed E-state index contributed by atoms with van der Waals surface area (Å²) in [5.41, 5.74) is 3.42. The fourth-order valence-corrected chi connectivity index (χ4v) is 5.05. The number of aromatic nitrogens is 2. The minimum absolute atomic E-state index is 0.0905. The largest absolute Gasteiger partial charge is 0.350 e. The molecule has 7 nitrogen and oxygen atoms in total. The molecule has 1 aromatic heterocycles. The highest BCUT2D eigenvalue weighted by Crippen LogP contribution is 2.36. The maximum absolute atomic E-state index is 13.0. The van der Waals surface area contributed by atoms with Gasteiger partial charge in [0.05, 0.1) is 22.7 Å². The Kier molecular flexibility index (Phi) is 4.08. The molecule has 0 amide bonds. The SMILES string of the molecule is CN1C=CC(CS(C)(=O)=O)=c2ccc3c4c([nH]c(=O)c-4c21)=CCN3c1ccccn1. The molecule has 0 bridgehead atoms. The highest BCUT2D eigenvalue weighted by atomic mass is 32.2. The Balaban J connectivity index is 1.88. The minimum Gasteiger partial charge on any atom is -0.350 e. The maximum Gasteiger partial charge on any atom is 0.258 e. The van der Waals surface area contributed by atoms with E-state index in [2.05, 4.69) is 14.9 Å². The standard InChI is InChI=1S/C22H20N4O3S/c1-25-11-8-14(13-30(2,28)29)15-6-7-17-19-16(24-22(27)20(19)21(15)25)9-12-26(17)18-5-3-4-10-23-18/h3-11H,12-13H2,1-2H3,(H,24,27). The summed E-state index contributed by atoms with van der Waals surface area (Å²) in [5, 5.41) is 1.52. The van der Waals surface area contributed by atoms with Crippen LogP contribution in [0, 0.1) is 0 Å². The first-order chi connectivity index (χ1) is 14.3. The zero-order valence-electron chi connectivity index (χ0n) is 16.6. The summed E-state index contributed by atoms with van der Waals surface area (Å²) in [6.07, 6.45) is 8.55. The van der Waals surface area contributed by atoms with Crippen molar-refractivity contribution in [3.05, 3.63) is 69.7 Å². The van der Waals surface area contributed by atoms with E-state index in [1.807, 2.05) is 48.4 Å². The van der Waals surface area contributed by atoms with Gasteiger partial charge in [0.25, 0.3) is 5.56 Å². The van der Waals surface area contributed by atoms with E-state index in [0.29, 0.717) is 23.4 Å². The minimum atomic E-state index is -3.24. The highest BCUT2D eigenvalue weighted by Gasteiger charge is 2.28. The van der Waals surface area contributed by atoms with Gasteiger partial charge in [-0.1, -0.05) is 12.1 Å². The van der Waals surface area contributed by atoms with Crippen molar-refractivity contribution < 1.29 is 8.42 Å². The number of nitrogens with one attached hydrogen (secondary N) is 1. The van der Waals surface area contributed by atoms with Crippen molar-refractivity contribution in [2.75, 3.05) is 35.4 Å². The number of allylic oxidation sites excluding steroid dienone is 1. The third kappa shape index (κ3) is 2.91. The molecule has 0 radical (unpaired) electrons. The molecule has 152 valence electrons. The van der Waals surface area contributed by atoms with Gasteiger partial charge in [-0.25, -0.2) is 13.4 Å². The average molecular weight is 420 g/mol. The van der Waals surface area contributed by atoms with Crippen LogP contribution in [0.25, 0.3) is 22.8 Å². The molecule has 0 fully saturated rings. The number of aromatic amines is 1. The van der Waals surface area contributed by atoms with Crippen LogP contribution < -0.4 is 25.9 Å². The van der Waals surface area contributed by atoms with Gasteiger partial charge in [0.15, 0.2) is 9.84 Å². The van der Waals surface area contributed by atoms with E-state index < -0.39 is 9.84 Å². The molecule has 5 rings (SSSR count). The van der Waals surface area contributed by atoms with Crippen LogP contribution in [0.1, 0.15) is 0 Å². The molecular formula is C22H20N4O3S. The Morgan fingerprint density at radius 3 is 2.73 bits per heavy atom. The molecule has 1 aliphatic carbocycles. The summed E-state index contributed by atoms with van der Waals surface area (Å²) < 4.78 is 24.0. The van der Waals surface area contributed by atoms with E-state index in [4.69, 9.17) is 0 Å². The molecule has 0 spiro atoms. The van der Waals surface area contributed by atoms with Crippen molar-refractivity contribution in [3.8, 4) is 11.1 Å². The number of nitrogens with zero attached hydrogens (tertiary/aromatic N) is 3. The van der Waals surface area contributed by atoms with E-state index in [1.165, 1.54) is 6.26 Å². The summed E-state index contributed by atoms with van der Waals surface area (Å²) in [6, 6.07) is 9.58. The Labute approximate surface area is 173 Å². The van der Waals surface area contributed by atoms with E-state index in [0.717, 1.165) is 27.6 Å². The lowest BCUT2D eigenvalue weighted by Gasteiger charge is -2.26. The van der Waals surface area contributed by atoms with Crippen molar-refractivity contribution in [3.63, 3.8) is 0 Å². The Hall–Kier alpha value is -3.39. The number of pyridine rings is 1. The van der Waals surface area contributed by atoms with Gasteiger partial charge in [-0.15, -0.1) is 0 Å². The van der Waals surface area contributed by atoms with Gasteiger partial charge < -0.3 is 14.8 Å². The zero-order valence-corrected chi connectivity index (χ0v) is 17.4. The average Bonchev–Trinajstić information content (AvgIpc) is 2.91. The monoisotopic (exact) mass is 420 g/mol. The third-order valence-corrected chi connectivity index (χ3v) is 6.30. The van der Waals surface area contributed by atoms with Crippen molar-refractivity contribution in [2.45, 2.75) is 0 Å². The van der Waals surface area contributed by atoms with Crippen molar-refractivity contribution in [1.82, 2.24) is 9.97 Å². The topological polar surface area (TPSA) is 86.4 Å². The molecule has 30 heavy (non-hydrogen) atoms. The molecule has 0 saturated heterocycles. The summed E-state index contributed by atoms with van der Waals surface area (Å²) in [5.74, 6) is 0.692. The molecule has 0 unspecified atom stereocenters. The van der Waals surface area contributed by atoms with Crippen molar-refractivity contribution in [1.29, 1.82) is 0 Å². The number of hydrogen-bond acceptors (Lipinski definition) is 6. The number of anilines is 3. The molecule has 1 N–H and O–H groups in total. The lowest BCUT2D eigenvalue weighted by molar-refractivity contribution is 0.605. The number of hydrogen-bond donors (Lipinski definition) is 1. The molecule has 1 aromatic rings. The lowest BCUT2D eigenvalue weighted by atomic mass is 10.0. The molecule has 0 saturated carbocycles. The second-order valence-electron chi connectivity index (χ2n) is 7.62. The van der Waals surface area contributed by atoms with E-state index in [1.54, 1.807) is 18.5 Å². The first-order valence-electron chi connectivity index (χ1n) is 9.53. The number of H-pyrrole nitrogens is 1. The summed E-state index contributed by atoms with van der Waals surface area (Å²) in [4.78, 5) is 24.4. The van der Waals surface area contributed by atoms with Crippen LogP contribution in [0.4, 0.5) is 17.2 Å². The van der Waals surface area contributed by atoms with Gasteiger partial charge in [0.2, 0.25) is 0 Å². The normalized spacial score (nSPS) is 15.3. The van der Waals surface area contributed by atoms with Crippen LogP contribution in [0.2, 0.25) is 0 Å². The van der Waals surface area contributed by atoms with E-state index in [-0.39, 0.29) is 11.3 Å². The number of sulfone groups is 1. The fraction of sp³-hybridized carbons (Fsp3) is 0.182. The third-order valence-electron chi connectivity index (χ3n) is 5.46. The summed E-state index contributed by atoms with van der Waals surface area (Å²) >= 11 is 0. The predicted octanol–water partition coefficient (Wildman–Crippen LogP) is 0.966. The predicted molar refractivity (Wildman–Crippen MR) is 119 cm³/mol. The zero-order chi connectivity index (χ0) is 21.0. The molecule has 0 atom stereocenters. The maximum atomic E-state index is 13.0. The number of fused-ring (bicyclic) bond motifs is 2. The van der Waals surface area contributed by atoms with E-state index in [9.17, 15) is 13.2 Å². The summed E-state index contributed by atoms with van der Waals surface area (Å²) in [7, 11) is -1.38. The van der Waals surface area contributed by atoms with Crippen LogP contribution >= 0.6 is 0 Å². The van der Waals surface area contributed by atoms with Crippen LogP contribution in [0.3, 0.4) is 0 Å². The van der Waals surface area contributed by atoms with Gasteiger partial charge >= 0.3 is 0 Å². The van der Waals surface area contributed by atoms with Gasteiger partial charge in [-0.2, -0.15) is 0 Å². The van der Waals surface area contributed by atoms with Crippen molar-refractivity contribution >= 4 is 38.7 Å². The Bertz CT molecular complexity index is 1460. The first kappa shape index (κ1) is 18.6. The summed E-state index contributed by atoms with van der Waals surface area (Å²) in [6.45, 7) is 0.571. The van der Waals surface area contributed by atoms with Crippen LogP contribution in [0.15, 0.2) is 53.6 Å². The van der Waals surface area contributed by atoms with Crippen LogP contribution in [-0.2, 0) is 9.84 Å². The van der Waals surface area contributed by atoms with Gasteiger partial charge in [-0.3, -0.25) is 4.79 Å². The lowest BCUT2D eigenvalue weighted by Crippen LogP contribution is -2.27. The van der Waals surface area contributed by atoms with Crippen molar-refractivity contribution in [2.24, 2.45) is 0 Å². The quantitative estimate of drug-likeness (QED) is 0.680. The first-order valence-corrected chi connectivity index (χ1v) is 11.6. The Morgan fingerprint density at radius 1 is 1.17 bits per heavy atom. The molecule has 4 aliphatic rings. The number of rotatable bonds is 3. The Morgan fingerprint density at radius 2 is 2.00 bits per heavy atom. The van der Waals surface area contributed by atoms with Gasteiger partial charge in [0, 0.05) is 48.4 Å². The second-order valence-corrected chi connectivity index (χ2v) is 9.76. The second kappa shape index (κ2) is 6.56. The highest BCUT2D eigenvalue weighted by molar-refractivity contribution is 7.91. The van der Waals surface area contributed by atoms with Crippen LogP contribution in [0.5, 0.6) is 0 Å². The van der Waals surface area contributed by atoms with Gasteiger partial charge in [-0.05, 0) is 35.9 Å². The van der Waals surface area contributed by atoms with E-state index >= 15 is 0 Å². The van der Waals surface area contributed by atoms with Gasteiger partial charge in [0.1, 0.15) is 5.82 Å². The van der Waals surface area contributed by atoms with Crippen LogP contribution in [-0.4, -0.2) is 44.0 Å². The molecular weight excluding hydrogens is 400 g/mol. The molecule has 8 heteroatoms.